The molecule has 3 heteroatoms. The Morgan fingerprint density at radius 3 is 2.75 bits per heavy atom. The van der Waals surface area contributed by atoms with Crippen molar-refractivity contribution < 1.29 is 4.79 Å². The number of hydrogen-bond donors (Lipinski definition) is 0. The summed E-state index contributed by atoms with van der Waals surface area (Å²) >= 11 is 1.76. The molecule has 0 bridgehead atoms. The van der Waals surface area contributed by atoms with Gasteiger partial charge in [0, 0.05) is 23.9 Å². The Kier molecular flexibility index (Phi) is 5.71. The molecule has 0 saturated carbocycles. The first-order chi connectivity index (χ1) is 7.63. The van der Waals surface area contributed by atoms with Gasteiger partial charge in [0.25, 0.3) is 0 Å². The Morgan fingerprint density at radius 1 is 1.50 bits per heavy atom. The lowest BCUT2D eigenvalue weighted by Gasteiger charge is -2.25. The highest BCUT2D eigenvalue weighted by Crippen LogP contribution is 2.14. The lowest BCUT2D eigenvalue weighted by atomic mass is 10.2. The number of hydrogen-bond acceptors (Lipinski definition) is 3. The molecule has 1 heterocycles. The van der Waals surface area contributed by atoms with Gasteiger partial charge in [0.2, 0.25) is 0 Å². The predicted molar refractivity (Wildman–Crippen MR) is 69.8 cm³/mol. The first-order valence-electron chi connectivity index (χ1n) is 5.91. The lowest BCUT2D eigenvalue weighted by Crippen LogP contribution is -2.34. The summed E-state index contributed by atoms with van der Waals surface area (Å²) in [5, 5.41) is 2.09. The Hall–Kier alpha value is -0.670. The minimum Gasteiger partial charge on any atom is -0.298 e. The van der Waals surface area contributed by atoms with Crippen LogP contribution in [0, 0.1) is 0 Å². The molecule has 0 radical (unpaired) electrons. The van der Waals surface area contributed by atoms with Crippen LogP contribution in [0.4, 0.5) is 0 Å². The van der Waals surface area contributed by atoms with Gasteiger partial charge in [0.15, 0.2) is 0 Å². The highest BCUT2D eigenvalue weighted by molar-refractivity contribution is 7.09. The largest absolute Gasteiger partial charge is 0.298 e. The highest BCUT2D eigenvalue weighted by Gasteiger charge is 2.14. The summed E-state index contributed by atoms with van der Waals surface area (Å²) in [6.07, 6.45) is 1.65. The maximum atomic E-state index is 11.6. The summed E-state index contributed by atoms with van der Waals surface area (Å²) in [6.45, 7) is 7.82. The molecule has 0 aliphatic rings. The van der Waals surface area contributed by atoms with E-state index in [4.69, 9.17) is 0 Å². The maximum absolute atomic E-state index is 11.6. The van der Waals surface area contributed by atoms with Gasteiger partial charge in [-0.25, -0.2) is 0 Å². The van der Waals surface area contributed by atoms with Crippen LogP contribution in [0.3, 0.4) is 0 Å². The zero-order chi connectivity index (χ0) is 12.0. The second-order valence-electron chi connectivity index (χ2n) is 4.37. The van der Waals surface area contributed by atoms with Crippen molar-refractivity contribution in [3.05, 3.63) is 22.4 Å². The highest BCUT2D eigenvalue weighted by atomic mass is 32.1. The van der Waals surface area contributed by atoms with E-state index in [1.165, 1.54) is 4.88 Å². The van der Waals surface area contributed by atoms with E-state index in [0.717, 1.165) is 13.0 Å². The standard InChI is InChI=1S/C13H21NOS/c1-4-6-12(15)9-14(11(2)3)10-13-7-5-8-16-13/h5,7-8,11H,4,6,9-10H2,1-3H3. The minimum atomic E-state index is 0.354. The molecule has 1 aromatic heterocycles. The van der Waals surface area contributed by atoms with Crippen molar-refractivity contribution >= 4 is 17.1 Å². The van der Waals surface area contributed by atoms with E-state index in [-0.39, 0.29) is 0 Å². The van der Waals surface area contributed by atoms with Gasteiger partial charge in [0.1, 0.15) is 5.78 Å². The van der Waals surface area contributed by atoms with Crippen molar-refractivity contribution in [1.29, 1.82) is 0 Å². The Labute approximate surface area is 102 Å². The third-order valence-electron chi connectivity index (χ3n) is 2.58. The SMILES string of the molecule is CCCC(=O)CN(Cc1cccs1)C(C)C. The van der Waals surface area contributed by atoms with E-state index in [2.05, 4.69) is 43.2 Å². The molecule has 1 aromatic rings. The van der Waals surface area contributed by atoms with Crippen LogP contribution in [0.1, 0.15) is 38.5 Å². The molecule has 0 N–H and O–H groups in total. The fourth-order valence-electron chi connectivity index (χ4n) is 1.61. The molecule has 0 atom stereocenters. The monoisotopic (exact) mass is 239 g/mol. The summed E-state index contributed by atoms with van der Waals surface area (Å²) in [6, 6.07) is 4.61. The summed E-state index contributed by atoms with van der Waals surface area (Å²) < 4.78 is 0. The smallest absolute Gasteiger partial charge is 0.146 e. The number of rotatable bonds is 7. The molecule has 90 valence electrons. The van der Waals surface area contributed by atoms with Crippen molar-refractivity contribution in [2.24, 2.45) is 0 Å². The van der Waals surface area contributed by atoms with Gasteiger partial charge in [0.05, 0.1) is 6.54 Å². The van der Waals surface area contributed by atoms with Crippen molar-refractivity contribution in [1.82, 2.24) is 4.90 Å². The maximum Gasteiger partial charge on any atom is 0.146 e. The normalized spacial score (nSPS) is 11.3. The second kappa shape index (κ2) is 6.81. The van der Waals surface area contributed by atoms with Gasteiger partial charge in [-0.15, -0.1) is 11.3 Å². The molecule has 0 saturated heterocycles. The van der Waals surface area contributed by atoms with Gasteiger partial charge >= 0.3 is 0 Å². The van der Waals surface area contributed by atoms with Crippen molar-refractivity contribution in [2.45, 2.75) is 46.2 Å². The van der Waals surface area contributed by atoms with Crippen LogP contribution in [-0.4, -0.2) is 23.3 Å². The number of carbonyl (C=O) groups is 1. The lowest BCUT2D eigenvalue weighted by molar-refractivity contribution is -0.120. The van der Waals surface area contributed by atoms with Crippen LogP contribution < -0.4 is 0 Å². The topological polar surface area (TPSA) is 20.3 Å². The van der Waals surface area contributed by atoms with Crippen molar-refractivity contribution in [3.63, 3.8) is 0 Å². The van der Waals surface area contributed by atoms with Gasteiger partial charge in [-0.1, -0.05) is 13.0 Å². The van der Waals surface area contributed by atoms with E-state index in [0.29, 0.717) is 24.8 Å². The van der Waals surface area contributed by atoms with E-state index >= 15 is 0 Å². The molecular formula is C13H21NOS. The fraction of sp³-hybridized carbons (Fsp3) is 0.615. The van der Waals surface area contributed by atoms with Gasteiger partial charge < -0.3 is 0 Å². The zero-order valence-corrected chi connectivity index (χ0v) is 11.2. The van der Waals surface area contributed by atoms with Crippen LogP contribution >= 0.6 is 11.3 Å². The minimum absolute atomic E-state index is 0.354. The summed E-state index contributed by atoms with van der Waals surface area (Å²) in [7, 11) is 0. The number of thiophene rings is 1. The molecule has 0 amide bonds. The molecule has 1 rings (SSSR count). The molecular weight excluding hydrogens is 218 g/mol. The van der Waals surface area contributed by atoms with E-state index in [1.54, 1.807) is 11.3 Å². The average Bonchev–Trinajstić information content (AvgIpc) is 2.69. The molecule has 0 unspecified atom stereocenters. The number of nitrogens with zero attached hydrogens (tertiary/aromatic N) is 1. The van der Waals surface area contributed by atoms with Crippen LogP contribution in [0.5, 0.6) is 0 Å². The molecule has 0 aromatic carbocycles. The van der Waals surface area contributed by atoms with Gasteiger partial charge in [-0.05, 0) is 31.7 Å². The Bertz CT molecular complexity index is 306. The summed E-state index contributed by atoms with van der Waals surface area (Å²) in [4.78, 5) is 15.2. The molecule has 0 aliphatic carbocycles. The Balaban J connectivity index is 2.51. The zero-order valence-electron chi connectivity index (χ0n) is 10.4. The van der Waals surface area contributed by atoms with Crippen LogP contribution in [0.25, 0.3) is 0 Å². The van der Waals surface area contributed by atoms with E-state index in [1.807, 2.05) is 0 Å². The first-order valence-corrected chi connectivity index (χ1v) is 6.79. The van der Waals surface area contributed by atoms with Crippen LogP contribution in [0.2, 0.25) is 0 Å². The van der Waals surface area contributed by atoms with Gasteiger partial charge in [-0.2, -0.15) is 0 Å². The molecule has 0 spiro atoms. The molecule has 0 aliphatic heterocycles. The second-order valence-corrected chi connectivity index (χ2v) is 5.40. The van der Waals surface area contributed by atoms with E-state index < -0.39 is 0 Å². The third-order valence-corrected chi connectivity index (χ3v) is 3.44. The third kappa shape index (κ3) is 4.45. The van der Waals surface area contributed by atoms with E-state index in [9.17, 15) is 4.79 Å². The fourth-order valence-corrected chi connectivity index (χ4v) is 2.34. The summed E-state index contributed by atoms with van der Waals surface area (Å²) in [5.74, 6) is 0.354. The predicted octanol–water partition coefficient (Wildman–Crippen LogP) is 3.33. The summed E-state index contributed by atoms with van der Waals surface area (Å²) in [5.41, 5.74) is 0. The average molecular weight is 239 g/mol. The van der Waals surface area contributed by atoms with Gasteiger partial charge in [-0.3, -0.25) is 9.69 Å². The quantitative estimate of drug-likeness (QED) is 0.727. The number of ketones is 1. The van der Waals surface area contributed by atoms with Crippen molar-refractivity contribution in [3.8, 4) is 0 Å². The number of carbonyl (C=O) groups excluding carboxylic acids is 1. The Morgan fingerprint density at radius 2 is 2.25 bits per heavy atom. The molecule has 2 nitrogen and oxygen atoms in total. The first kappa shape index (κ1) is 13.4. The molecule has 0 fully saturated rings. The number of Topliss-reactive ketones (excluding diaryl/α,β-unsaturated/α-hetero) is 1. The molecule has 16 heavy (non-hydrogen) atoms. The van der Waals surface area contributed by atoms with Crippen molar-refractivity contribution in [2.75, 3.05) is 6.54 Å². The van der Waals surface area contributed by atoms with Crippen LogP contribution in [-0.2, 0) is 11.3 Å². The van der Waals surface area contributed by atoms with Crippen LogP contribution in [0.15, 0.2) is 17.5 Å².